The molecule has 0 spiro atoms. The molecule has 18 heavy (non-hydrogen) atoms. The zero-order valence-corrected chi connectivity index (χ0v) is 11.8. The summed E-state index contributed by atoms with van der Waals surface area (Å²) >= 11 is 12.2. The highest BCUT2D eigenvalue weighted by Gasteiger charge is 2.18. The van der Waals surface area contributed by atoms with Crippen molar-refractivity contribution < 1.29 is 4.42 Å². The van der Waals surface area contributed by atoms with Gasteiger partial charge in [0.2, 0.25) is 0 Å². The molecule has 0 aliphatic carbocycles. The van der Waals surface area contributed by atoms with Crippen molar-refractivity contribution in [2.75, 3.05) is 7.05 Å². The van der Waals surface area contributed by atoms with E-state index in [0.717, 1.165) is 23.5 Å². The van der Waals surface area contributed by atoms with Crippen LogP contribution in [0.2, 0.25) is 10.0 Å². The molecule has 2 rings (SSSR count). The van der Waals surface area contributed by atoms with Crippen LogP contribution in [0, 0.1) is 0 Å². The fourth-order valence-corrected chi connectivity index (χ4v) is 2.33. The summed E-state index contributed by atoms with van der Waals surface area (Å²) in [4.78, 5) is 0. The third-order valence-corrected chi connectivity index (χ3v) is 3.45. The molecule has 4 heteroatoms. The summed E-state index contributed by atoms with van der Waals surface area (Å²) in [5.41, 5.74) is 0.920. The number of halogens is 2. The number of furan rings is 1. The Kier molecular flexibility index (Phi) is 4.33. The van der Waals surface area contributed by atoms with E-state index < -0.39 is 0 Å². The number of nitrogens with one attached hydrogen (secondary N) is 1. The summed E-state index contributed by atoms with van der Waals surface area (Å²) in [7, 11) is 1.87. The topological polar surface area (TPSA) is 25.2 Å². The molecule has 0 amide bonds. The molecule has 0 saturated heterocycles. The number of aryl methyl sites for hydroxylation is 1. The van der Waals surface area contributed by atoms with Gasteiger partial charge in [0.1, 0.15) is 11.5 Å². The lowest BCUT2D eigenvalue weighted by molar-refractivity contribution is 0.434. The molecule has 1 atom stereocenters. The number of benzene rings is 1. The monoisotopic (exact) mass is 283 g/mol. The minimum absolute atomic E-state index is 0.0866. The van der Waals surface area contributed by atoms with E-state index in [1.807, 2.05) is 25.2 Å². The molecular formula is C14H15Cl2NO. The van der Waals surface area contributed by atoms with Gasteiger partial charge in [-0.2, -0.15) is 0 Å². The smallest absolute Gasteiger partial charge is 0.125 e. The zero-order chi connectivity index (χ0) is 13.1. The van der Waals surface area contributed by atoms with Crippen LogP contribution in [0.5, 0.6) is 0 Å². The first-order valence-corrected chi connectivity index (χ1v) is 6.62. The first-order chi connectivity index (χ1) is 8.65. The summed E-state index contributed by atoms with van der Waals surface area (Å²) < 4.78 is 5.77. The summed E-state index contributed by atoms with van der Waals surface area (Å²) in [5.74, 6) is 1.81. The second-order valence-corrected chi connectivity index (χ2v) is 4.89. The highest BCUT2D eigenvalue weighted by molar-refractivity contribution is 6.33. The molecule has 0 aliphatic rings. The molecule has 1 unspecified atom stereocenters. The molecule has 0 saturated carbocycles. The highest BCUT2D eigenvalue weighted by Crippen LogP contribution is 2.31. The van der Waals surface area contributed by atoms with Crippen molar-refractivity contribution in [1.29, 1.82) is 0 Å². The molecule has 2 nitrogen and oxygen atoms in total. The lowest BCUT2D eigenvalue weighted by Gasteiger charge is -2.16. The van der Waals surface area contributed by atoms with Crippen LogP contribution in [0.1, 0.15) is 30.0 Å². The molecule has 0 radical (unpaired) electrons. The van der Waals surface area contributed by atoms with Crippen LogP contribution in [-0.4, -0.2) is 7.05 Å². The van der Waals surface area contributed by atoms with Gasteiger partial charge in [-0.05, 0) is 42.9 Å². The van der Waals surface area contributed by atoms with E-state index in [4.69, 9.17) is 27.6 Å². The molecule has 0 bridgehead atoms. The van der Waals surface area contributed by atoms with Gasteiger partial charge in [-0.15, -0.1) is 0 Å². The van der Waals surface area contributed by atoms with Crippen molar-refractivity contribution in [3.8, 4) is 0 Å². The number of hydrogen-bond acceptors (Lipinski definition) is 2. The van der Waals surface area contributed by atoms with E-state index in [1.165, 1.54) is 0 Å². The quantitative estimate of drug-likeness (QED) is 0.896. The van der Waals surface area contributed by atoms with E-state index >= 15 is 0 Å². The fourth-order valence-electron chi connectivity index (χ4n) is 1.93. The van der Waals surface area contributed by atoms with Crippen LogP contribution in [0.15, 0.2) is 34.7 Å². The van der Waals surface area contributed by atoms with Crippen LogP contribution >= 0.6 is 23.2 Å². The van der Waals surface area contributed by atoms with Gasteiger partial charge in [0, 0.05) is 16.5 Å². The van der Waals surface area contributed by atoms with Crippen molar-refractivity contribution in [1.82, 2.24) is 5.32 Å². The van der Waals surface area contributed by atoms with Gasteiger partial charge in [0.15, 0.2) is 0 Å². The maximum Gasteiger partial charge on any atom is 0.125 e. The van der Waals surface area contributed by atoms with Crippen LogP contribution in [0.4, 0.5) is 0 Å². The first kappa shape index (κ1) is 13.5. The van der Waals surface area contributed by atoms with Gasteiger partial charge in [-0.1, -0.05) is 30.1 Å². The first-order valence-electron chi connectivity index (χ1n) is 5.86. The van der Waals surface area contributed by atoms with Gasteiger partial charge in [-0.25, -0.2) is 0 Å². The van der Waals surface area contributed by atoms with Crippen molar-refractivity contribution in [3.63, 3.8) is 0 Å². The van der Waals surface area contributed by atoms with Crippen LogP contribution in [0.25, 0.3) is 0 Å². The fraction of sp³-hybridized carbons (Fsp3) is 0.286. The van der Waals surface area contributed by atoms with Crippen molar-refractivity contribution in [3.05, 3.63) is 57.5 Å². The predicted molar refractivity (Wildman–Crippen MR) is 75.5 cm³/mol. The van der Waals surface area contributed by atoms with E-state index in [2.05, 4.69) is 12.2 Å². The average Bonchev–Trinajstić information content (AvgIpc) is 2.83. The minimum Gasteiger partial charge on any atom is -0.464 e. The third kappa shape index (κ3) is 2.72. The molecule has 1 aromatic heterocycles. The van der Waals surface area contributed by atoms with Crippen molar-refractivity contribution in [2.24, 2.45) is 0 Å². The normalized spacial score (nSPS) is 12.7. The summed E-state index contributed by atoms with van der Waals surface area (Å²) in [6, 6.07) is 9.30. The Hall–Kier alpha value is -0.960. The largest absolute Gasteiger partial charge is 0.464 e. The third-order valence-electron chi connectivity index (χ3n) is 2.87. The second kappa shape index (κ2) is 5.79. The zero-order valence-electron chi connectivity index (χ0n) is 10.3. The molecule has 96 valence electrons. The van der Waals surface area contributed by atoms with E-state index in [9.17, 15) is 0 Å². The SMILES string of the molecule is CCc1ccc(C(NC)c2cc(Cl)ccc2Cl)o1. The van der Waals surface area contributed by atoms with E-state index in [-0.39, 0.29) is 6.04 Å². The Balaban J connectivity index is 2.41. The lowest BCUT2D eigenvalue weighted by atomic mass is 10.0. The number of rotatable bonds is 4. The molecule has 1 heterocycles. The van der Waals surface area contributed by atoms with E-state index in [1.54, 1.807) is 12.1 Å². The predicted octanol–water partition coefficient (Wildman–Crippen LogP) is 4.46. The molecule has 0 fully saturated rings. The van der Waals surface area contributed by atoms with Crippen molar-refractivity contribution >= 4 is 23.2 Å². The number of hydrogen-bond donors (Lipinski definition) is 1. The Morgan fingerprint density at radius 2 is 2.00 bits per heavy atom. The molecule has 2 aromatic rings. The van der Waals surface area contributed by atoms with Crippen LogP contribution in [0.3, 0.4) is 0 Å². The maximum absolute atomic E-state index is 6.22. The Morgan fingerprint density at radius 3 is 2.61 bits per heavy atom. The minimum atomic E-state index is -0.0866. The Bertz CT molecular complexity index is 536. The lowest BCUT2D eigenvalue weighted by Crippen LogP contribution is -2.17. The molecular weight excluding hydrogens is 269 g/mol. The molecule has 0 aliphatic heterocycles. The second-order valence-electron chi connectivity index (χ2n) is 4.05. The van der Waals surface area contributed by atoms with Gasteiger partial charge in [-0.3, -0.25) is 0 Å². The van der Waals surface area contributed by atoms with Gasteiger partial charge in [0.25, 0.3) is 0 Å². The van der Waals surface area contributed by atoms with Crippen LogP contribution < -0.4 is 5.32 Å². The highest BCUT2D eigenvalue weighted by atomic mass is 35.5. The van der Waals surface area contributed by atoms with Gasteiger partial charge >= 0.3 is 0 Å². The standard InChI is InChI=1S/C14H15Cl2NO/c1-3-10-5-7-13(18-10)14(17-2)11-8-9(15)4-6-12(11)16/h4-8,14,17H,3H2,1-2H3. The van der Waals surface area contributed by atoms with Gasteiger partial charge < -0.3 is 9.73 Å². The molecule has 1 N–H and O–H groups in total. The maximum atomic E-state index is 6.22. The average molecular weight is 284 g/mol. The van der Waals surface area contributed by atoms with E-state index in [0.29, 0.717) is 10.0 Å². The molecule has 1 aromatic carbocycles. The summed E-state index contributed by atoms with van der Waals surface area (Å²) in [6.45, 7) is 2.06. The Labute approximate surface area is 117 Å². The van der Waals surface area contributed by atoms with Crippen molar-refractivity contribution in [2.45, 2.75) is 19.4 Å². The van der Waals surface area contributed by atoms with Gasteiger partial charge in [0.05, 0.1) is 6.04 Å². The summed E-state index contributed by atoms with van der Waals surface area (Å²) in [6.07, 6.45) is 0.875. The van der Waals surface area contributed by atoms with Crippen LogP contribution in [-0.2, 0) is 6.42 Å². The summed E-state index contributed by atoms with van der Waals surface area (Å²) in [5, 5.41) is 4.54. The Morgan fingerprint density at radius 1 is 1.22 bits per heavy atom.